The van der Waals surface area contributed by atoms with Crippen LogP contribution in [0.2, 0.25) is 0 Å². The number of hydrogen-bond donors (Lipinski definition) is 1. The third kappa shape index (κ3) is 1.65. The van der Waals surface area contributed by atoms with E-state index in [0.29, 0.717) is 24.9 Å². The van der Waals surface area contributed by atoms with Crippen molar-refractivity contribution in [2.45, 2.75) is 38.3 Å². The van der Waals surface area contributed by atoms with Gasteiger partial charge >= 0.3 is 0 Å². The van der Waals surface area contributed by atoms with Gasteiger partial charge in [0, 0.05) is 6.61 Å². The predicted molar refractivity (Wildman–Crippen MR) is 49.3 cm³/mol. The van der Waals surface area contributed by atoms with Crippen LogP contribution in [0.25, 0.3) is 0 Å². The van der Waals surface area contributed by atoms with Crippen molar-refractivity contribution in [1.29, 1.82) is 0 Å². The Labute approximate surface area is 82.6 Å². The van der Waals surface area contributed by atoms with Gasteiger partial charge in [-0.25, -0.2) is 0 Å². The molecule has 0 atom stereocenters. The first-order chi connectivity index (χ1) is 6.74. The standard InChI is InChI=1S/C9H15N3O2/c1-2-13-6-7-11-8(14-12-7)9(10)4-3-5-9/h2-6,10H2,1H3. The Morgan fingerprint density at radius 2 is 2.36 bits per heavy atom. The first kappa shape index (κ1) is 9.61. The lowest BCUT2D eigenvalue weighted by Crippen LogP contribution is -2.43. The highest BCUT2D eigenvalue weighted by molar-refractivity contribution is 5.06. The SMILES string of the molecule is CCOCc1noc(C2(N)CCC2)n1. The quantitative estimate of drug-likeness (QED) is 0.777. The van der Waals surface area contributed by atoms with E-state index < -0.39 is 0 Å². The molecular formula is C9H15N3O2. The average Bonchev–Trinajstić information content (AvgIpc) is 2.59. The monoisotopic (exact) mass is 197 g/mol. The summed E-state index contributed by atoms with van der Waals surface area (Å²) >= 11 is 0. The van der Waals surface area contributed by atoms with Gasteiger partial charge in [-0.15, -0.1) is 0 Å². The van der Waals surface area contributed by atoms with E-state index in [0.717, 1.165) is 19.3 Å². The fourth-order valence-corrected chi connectivity index (χ4v) is 1.48. The molecule has 0 spiro atoms. The molecule has 1 aliphatic carbocycles. The lowest BCUT2D eigenvalue weighted by molar-refractivity contribution is 0.126. The fourth-order valence-electron chi connectivity index (χ4n) is 1.48. The highest BCUT2D eigenvalue weighted by atomic mass is 16.5. The second-order valence-corrected chi connectivity index (χ2v) is 3.66. The molecule has 2 N–H and O–H groups in total. The highest BCUT2D eigenvalue weighted by Gasteiger charge is 2.39. The van der Waals surface area contributed by atoms with E-state index in [-0.39, 0.29) is 5.54 Å². The van der Waals surface area contributed by atoms with Crippen molar-refractivity contribution >= 4 is 0 Å². The normalized spacial score (nSPS) is 19.3. The molecule has 1 aromatic rings. The number of hydrogen-bond acceptors (Lipinski definition) is 5. The van der Waals surface area contributed by atoms with Crippen LogP contribution >= 0.6 is 0 Å². The minimum atomic E-state index is -0.364. The van der Waals surface area contributed by atoms with E-state index in [1.807, 2.05) is 6.92 Å². The first-order valence-electron chi connectivity index (χ1n) is 4.94. The van der Waals surface area contributed by atoms with Crippen LogP contribution in [0, 0.1) is 0 Å². The lowest BCUT2D eigenvalue weighted by atomic mass is 9.78. The van der Waals surface area contributed by atoms with E-state index in [1.165, 1.54) is 0 Å². The maximum Gasteiger partial charge on any atom is 0.246 e. The minimum absolute atomic E-state index is 0.364. The summed E-state index contributed by atoms with van der Waals surface area (Å²) in [6.45, 7) is 2.98. The number of nitrogens with zero attached hydrogens (tertiary/aromatic N) is 2. The molecule has 0 aliphatic heterocycles. The van der Waals surface area contributed by atoms with Crippen molar-refractivity contribution in [1.82, 2.24) is 10.1 Å². The topological polar surface area (TPSA) is 74.2 Å². The third-order valence-corrected chi connectivity index (χ3v) is 2.58. The molecular weight excluding hydrogens is 182 g/mol. The minimum Gasteiger partial charge on any atom is -0.374 e. The van der Waals surface area contributed by atoms with Crippen molar-refractivity contribution < 1.29 is 9.26 Å². The summed E-state index contributed by atoms with van der Waals surface area (Å²) in [5, 5.41) is 3.81. The summed E-state index contributed by atoms with van der Waals surface area (Å²) in [6, 6.07) is 0. The van der Waals surface area contributed by atoms with Gasteiger partial charge in [-0.05, 0) is 26.2 Å². The molecule has 5 nitrogen and oxygen atoms in total. The zero-order valence-electron chi connectivity index (χ0n) is 8.32. The van der Waals surface area contributed by atoms with Crippen LogP contribution in [0.15, 0.2) is 4.52 Å². The summed E-state index contributed by atoms with van der Waals surface area (Å²) in [5.41, 5.74) is 5.67. The summed E-state index contributed by atoms with van der Waals surface area (Å²) in [6.07, 6.45) is 3.01. The summed E-state index contributed by atoms with van der Waals surface area (Å²) in [7, 11) is 0. The Morgan fingerprint density at radius 1 is 1.57 bits per heavy atom. The summed E-state index contributed by atoms with van der Waals surface area (Å²) in [5.74, 6) is 1.14. The van der Waals surface area contributed by atoms with E-state index in [1.54, 1.807) is 0 Å². The van der Waals surface area contributed by atoms with Gasteiger partial charge in [0.25, 0.3) is 0 Å². The van der Waals surface area contributed by atoms with Gasteiger partial charge < -0.3 is 15.0 Å². The van der Waals surface area contributed by atoms with Crippen molar-refractivity contribution in [2.75, 3.05) is 6.61 Å². The summed E-state index contributed by atoms with van der Waals surface area (Å²) in [4.78, 5) is 4.21. The van der Waals surface area contributed by atoms with E-state index >= 15 is 0 Å². The molecule has 0 saturated heterocycles. The zero-order chi connectivity index (χ0) is 10.0. The van der Waals surface area contributed by atoms with Gasteiger partial charge in [0.2, 0.25) is 5.89 Å². The first-order valence-corrected chi connectivity index (χ1v) is 4.94. The fraction of sp³-hybridized carbons (Fsp3) is 0.778. The molecule has 1 saturated carbocycles. The molecule has 2 rings (SSSR count). The molecule has 1 fully saturated rings. The number of nitrogens with two attached hydrogens (primary N) is 1. The number of aromatic nitrogens is 2. The third-order valence-electron chi connectivity index (χ3n) is 2.58. The molecule has 14 heavy (non-hydrogen) atoms. The van der Waals surface area contributed by atoms with Gasteiger partial charge in [0.15, 0.2) is 5.82 Å². The molecule has 1 aliphatic rings. The number of rotatable bonds is 4. The largest absolute Gasteiger partial charge is 0.374 e. The van der Waals surface area contributed by atoms with Crippen molar-refractivity contribution in [3.05, 3.63) is 11.7 Å². The smallest absolute Gasteiger partial charge is 0.246 e. The van der Waals surface area contributed by atoms with E-state index in [9.17, 15) is 0 Å². The van der Waals surface area contributed by atoms with Gasteiger partial charge in [-0.3, -0.25) is 0 Å². The zero-order valence-corrected chi connectivity index (χ0v) is 8.32. The Balaban J connectivity index is 2.02. The number of ether oxygens (including phenoxy) is 1. The molecule has 5 heteroatoms. The predicted octanol–water partition coefficient (Wildman–Crippen LogP) is 0.944. The van der Waals surface area contributed by atoms with Crippen LogP contribution < -0.4 is 5.73 Å². The van der Waals surface area contributed by atoms with E-state index in [2.05, 4.69) is 10.1 Å². The van der Waals surface area contributed by atoms with Crippen LogP contribution in [0.4, 0.5) is 0 Å². The van der Waals surface area contributed by atoms with E-state index in [4.69, 9.17) is 15.0 Å². The van der Waals surface area contributed by atoms with Gasteiger partial charge in [-0.2, -0.15) is 4.98 Å². The highest BCUT2D eigenvalue weighted by Crippen LogP contribution is 2.37. The van der Waals surface area contributed by atoms with Gasteiger partial charge in [0.05, 0.1) is 5.54 Å². The van der Waals surface area contributed by atoms with Crippen molar-refractivity contribution in [3.8, 4) is 0 Å². The van der Waals surface area contributed by atoms with Crippen LogP contribution in [-0.2, 0) is 16.9 Å². The van der Waals surface area contributed by atoms with Gasteiger partial charge in [-0.1, -0.05) is 5.16 Å². The maximum absolute atomic E-state index is 6.03. The molecule has 0 unspecified atom stereocenters. The van der Waals surface area contributed by atoms with Crippen LogP contribution in [0.5, 0.6) is 0 Å². The Bertz CT molecular complexity index is 307. The molecule has 0 radical (unpaired) electrons. The Kier molecular flexibility index (Phi) is 2.52. The average molecular weight is 197 g/mol. The second kappa shape index (κ2) is 3.67. The Morgan fingerprint density at radius 3 is 2.93 bits per heavy atom. The van der Waals surface area contributed by atoms with Crippen molar-refractivity contribution in [2.24, 2.45) is 5.73 Å². The Hall–Kier alpha value is -0.940. The van der Waals surface area contributed by atoms with Crippen LogP contribution in [0.3, 0.4) is 0 Å². The van der Waals surface area contributed by atoms with Crippen LogP contribution in [0.1, 0.15) is 37.9 Å². The molecule has 78 valence electrons. The maximum atomic E-state index is 6.03. The second-order valence-electron chi connectivity index (χ2n) is 3.66. The molecule has 0 aromatic carbocycles. The van der Waals surface area contributed by atoms with Crippen molar-refractivity contribution in [3.63, 3.8) is 0 Å². The lowest BCUT2D eigenvalue weighted by Gasteiger charge is -2.33. The molecule has 1 heterocycles. The molecule has 1 aromatic heterocycles. The van der Waals surface area contributed by atoms with Gasteiger partial charge in [0.1, 0.15) is 6.61 Å². The molecule has 0 amide bonds. The van der Waals surface area contributed by atoms with Crippen LogP contribution in [-0.4, -0.2) is 16.7 Å². The summed E-state index contributed by atoms with van der Waals surface area (Å²) < 4.78 is 10.3. The molecule has 0 bridgehead atoms.